The molecule has 2 aromatic rings. The molecule has 0 aliphatic carbocycles. The fraction of sp³-hybridized carbons (Fsp3) is 0.154. The lowest BCUT2D eigenvalue weighted by atomic mass is 10.2. The Hall–Kier alpha value is -1.27. The lowest BCUT2D eigenvalue weighted by Gasteiger charge is -2.13. The van der Waals surface area contributed by atoms with Crippen molar-refractivity contribution in [1.29, 1.82) is 0 Å². The minimum absolute atomic E-state index is 0.0931. The molecule has 1 aromatic carbocycles. The van der Waals surface area contributed by atoms with Gasteiger partial charge in [0.05, 0.1) is 10.6 Å². The molecule has 0 atom stereocenters. The van der Waals surface area contributed by atoms with Crippen molar-refractivity contribution in [1.82, 2.24) is 4.98 Å². The van der Waals surface area contributed by atoms with E-state index in [1.54, 1.807) is 24.5 Å². The Morgan fingerprint density at radius 2 is 2.05 bits per heavy atom. The Kier molecular flexibility index (Phi) is 4.55. The fourth-order valence-corrected chi connectivity index (χ4v) is 2.27. The summed E-state index contributed by atoms with van der Waals surface area (Å²) in [5.74, 6) is 0.176. The molecule has 0 unspecified atom stereocenters. The predicted molar refractivity (Wildman–Crippen MR) is 72.7 cm³/mol. The van der Waals surface area contributed by atoms with Crippen molar-refractivity contribution in [2.75, 3.05) is 0 Å². The van der Waals surface area contributed by atoms with Gasteiger partial charge in [0, 0.05) is 22.4 Å². The number of nitrogens with zero attached hydrogens (tertiary/aromatic N) is 1. The van der Waals surface area contributed by atoms with E-state index in [0.29, 0.717) is 0 Å². The number of alkyl halides is 3. The van der Waals surface area contributed by atoms with Crippen LogP contribution in [0, 0.1) is 0 Å². The highest BCUT2D eigenvalue weighted by Crippen LogP contribution is 2.40. The smallest absolute Gasteiger partial charge is 0.417 e. The zero-order valence-corrected chi connectivity index (χ0v) is 12.3. The molecular weight excluding hydrogens is 358 g/mol. The van der Waals surface area contributed by atoms with Crippen LogP contribution in [0.3, 0.4) is 0 Å². The Bertz CT molecular complexity index is 605. The summed E-state index contributed by atoms with van der Waals surface area (Å²) in [6, 6.07) is 5.58. The average molecular weight is 367 g/mol. The van der Waals surface area contributed by atoms with Crippen LogP contribution in [0.25, 0.3) is 0 Å². The normalized spacial score (nSPS) is 11.4. The SMILES string of the molecule is FC(F)(F)c1cc(Cl)c(OCc2cccnc2)cc1Br. The van der Waals surface area contributed by atoms with E-state index in [4.69, 9.17) is 16.3 Å². The van der Waals surface area contributed by atoms with Crippen LogP contribution < -0.4 is 4.74 Å². The molecule has 0 saturated heterocycles. The van der Waals surface area contributed by atoms with E-state index >= 15 is 0 Å². The van der Waals surface area contributed by atoms with Crippen molar-refractivity contribution in [2.24, 2.45) is 0 Å². The fourth-order valence-electron chi connectivity index (χ4n) is 1.50. The number of halogens is 5. The number of benzene rings is 1. The monoisotopic (exact) mass is 365 g/mol. The third kappa shape index (κ3) is 3.64. The number of pyridine rings is 1. The zero-order valence-electron chi connectivity index (χ0n) is 9.92. The van der Waals surface area contributed by atoms with Crippen molar-refractivity contribution >= 4 is 27.5 Å². The molecule has 0 radical (unpaired) electrons. The first kappa shape index (κ1) is 15.1. The highest BCUT2D eigenvalue weighted by molar-refractivity contribution is 9.10. The van der Waals surface area contributed by atoms with Gasteiger partial charge in [0.25, 0.3) is 0 Å². The molecule has 1 aromatic heterocycles. The molecule has 0 N–H and O–H groups in total. The summed E-state index contributed by atoms with van der Waals surface area (Å²) in [6.07, 6.45) is -1.25. The van der Waals surface area contributed by atoms with Crippen LogP contribution in [0.2, 0.25) is 5.02 Å². The second-order valence-electron chi connectivity index (χ2n) is 3.91. The standard InChI is InChI=1S/C13H8BrClF3NO/c14-10-5-12(11(15)4-9(10)13(16,17)18)20-7-8-2-1-3-19-6-8/h1-6H,7H2. The third-order valence-corrected chi connectivity index (χ3v) is 3.40. The first-order valence-corrected chi connectivity index (χ1v) is 6.63. The van der Waals surface area contributed by atoms with Crippen LogP contribution in [-0.4, -0.2) is 4.98 Å². The van der Waals surface area contributed by atoms with E-state index in [0.717, 1.165) is 11.6 Å². The Morgan fingerprint density at radius 3 is 2.65 bits per heavy atom. The topological polar surface area (TPSA) is 22.1 Å². The molecule has 0 bridgehead atoms. The van der Waals surface area contributed by atoms with E-state index in [1.165, 1.54) is 6.07 Å². The van der Waals surface area contributed by atoms with Gasteiger partial charge in [-0.05, 0) is 18.2 Å². The van der Waals surface area contributed by atoms with Crippen molar-refractivity contribution < 1.29 is 17.9 Å². The minimum atomic E-state index is -4.47. The maximum absolute atomic E-state index is 12.7. The maximum atomic E-state index is 12.7. The largest absolute Gasteiger partial charge is 0.487 e. The van der Waals surface area contributed by atoms with E-state index in [-0.39, 0.29) is 21.9 Å². The predicted octanol–water partition coefficient (Wildman–Crippen LogP) is 5.10. The second-order valence-corrected chi connectivity index (χ2v) is 5.17. The van der Waals surface area contributed by atoms with Crippen molar-refractivity contribution in [2.45, 2.75) is 12.8 Å². The van der Waals surface area contributed by atoms with Gasteiger partial charge in [-0.15, -0.1) is 0 Å². The van der Waals surface area contributed by atoms with E-state index in [9.17, 15) is 13.2 Å². The minimum Gasteiger partial charge on any atom is -0.487 e. The average Bonchev–Trinajstić information content (AvgIpc) is 2.39. The van der Waals surface area contributed by atoms with Crippen LogP contribution in [-0.2, 0) is 12.8 Å². The molecule has 7 heteroatoms. The first-order chi connectivity index (χ1) is 9.38. The van der Waals surface area contributed by atoms with E-state index in [2.05, 4.69) is 20.9 Å². The van der Waals surface area contributed by atoms with Gasteiger partial charge in [0.1, 0.15) is 12.4 Å². The van der Waals surface area contributed by atoms with Crippen LogP contribution in [0.4, 0.5) is 13.2 Å². The van der Waals surface area contributed by atoms with Crippen molar-refractivity contribution in [3.8, 4) is 5.75 Å². The lowest BCUT2D eigenvalue weighted by Crippen LogP contribution is -2.06. The zero-order chi connectivity index (χ0) is 14.8. The first-order valence-electron chi connectivity index (χ1n) is 5.46. The molecule has 20 heavy (non-hydrogen) atoms. The molecule has 0 aliphatic heterocycles. The molecule has 2 rings (SSSR count). The highest BCUT2D eigenvalue weighted by Gasteiger charge is 2.33. The lowest BCUT2D eigenvalue weighted by molar-refractivity contribution is -0.138. The molecule has 1 heterocycles. The maximum Gasteiger partial charge on any atom is 0.417 e. The Balaban J connectivity index is 2.20. The van der Waals surface area contributed by atoms with Crippen LogP contribution >= 0.6 is 27.5 Å². The summed E-state index contributed by atoms with van der Waals surface area (Å²) < 4.78 is 43.3. The van der Waals surface area contributed by atoms with Gasteiger partial charge >= 0.3 is 6.18 Å². The molecule has 0 fully saturated rings. The summed E-state index contributed by atoms with van der Waals surface area (Å²) in [5.41, 5.74) is -0.0455. The van der Waals surface area contributed by atoms with E-state index in [1.807, 2.05) is 0 Å². The van der Waals surface area contributed by atoms with Crippen molar-refractivity contribution in [3.05, 3.63) is 57.3 Å². The van der Waals surface area contributed by atoms with E-state index < -0.39 is 11.7 Å². The number of ether oxygens (including phenoxy) is 1. The number of rotatable bonds is 3. The Labute approximate surface area is 126 Å². The summed E-state index contributed by atoms with van der Waals surface area (Å²) in [5, 5.41) is -0.0931. The molecule has 106 valence electrons. The van der Waals surface area contributed by atoms with Gasteiger partial charge in [-0.1, -0.05) is 33.6 Å². The van der Waals surface area contributed by atoms with Gasteiger partial charge < -0.3 is 4.74 Å². The van der Waals surface area contributed by atoms with Gasteiger partial charge in [-0.3, -0.25) is 4.98 Å². The van der Waals surface area contributed by atoms with Crippen molar-refractivity contribution in [3.63, 3.8) is 0 Å². The number of aromatic nitrogens is 1. The van der Waals surface area contributed by atoms with Gasteiger partial charge in [0.2, 0.25) is 0 Å². The number of hydrogen-bond donors (Lipinski definition) is 0. The molecule has 0 amide bonds. The molecule has 0 saturated carbocycles. The molecular formula is C13H8BrClF3NO. The Morgan fingerprint density at radius 1 is 1.30 bits per heavy atom. The quantitative estimate of drug-likeness (QED) is 0.754. The highest BCUT2D eigenvalue weighted by atomic mass is 79.9. The molecule has 0 aliphatic rings. The van der Waals surface area contributed by atoms with Gasteiger partial charge in [0.15, 0.2) is 0 Å². The number of hydrogen-bond acceptors (Lipinski definition) is 2. The summed E-state index contributed by atoms with van der Waals surface area (Å²) in [4.78, 5) is 3.91. The van der Waals surface area contributed by atoms with Gasteiger partial charge in [-0.2, -0.15) is 13.2 Å². The summed E-state index contributed by atoms with van der Waals surface area (Å²) in [6.45, 7) is 0.172. The van der Waals surface area contributed by atoms with Gasteiger partial charge in [-0.25, -0.2) is 0 Å². The third-order valence-electron chi connectivity index (χ3n) is 2.44. The second kappa shape index (κ2) is 6.01. The van der Waals surface area contributed by atoms with Crippen LogP contribution in [0.15, 0.2) is 41.1 Å². The van der Waals surface area contributed by atoms with Crippen LogP contribution in [0.5, 0.6) is 5.75 Å². The molecule has 2 nitrogen and oxygen atoms in total. The van der Waals surface area contributed by atoms with Crippen LogP contribution in [0.1, 0.15) is 11.1 Å². The summed E-state index contributed by atoms with van der Waals surface area (Å²) in [7, 11) is 0. The summed E-state index contributed by atoms with van der Waals surface area (Å²) >= 11 is 8.68. The molecule has 0 spiro atoms.